The van der Waals surface area contributed by atoms with Gasteiger partial charge in [-0.2, -0.15) is 8.96 Å². The summed E-state index contributed by atoms with van der Waals surface area (Å²) in [5, 5.41) is 2.87. The highest BCUT2D eigenvalue weighted by atomic mass is 19.1. The maximum absolute atomic E-state index is 15.3. The van der Waals surface area contributed by atoms with Crippen LogP contribution < -0.4 is 9.30 Å². The van der Waals surface area contributed by atoms with Crippen LogP contribution in [0.2, 0.25) is 0 Å². The van der Waals surface area contributed by atoms with Crippen LogP contribution in [0.25, 0.3) is 32.9 Å². The molecule has 128 valence electrons. The molecule has 2 heterocycles. The molecule has 1 aromatic heterocycles. The molecule has 1 aliphatic heterocycles. The number of methoxy groups -OCH3 is 1. The number of fused-ring (bicyclic) bond motifs is 4. The summed E-state index contributed by atoms with van der Waals surface area (Å²) in [5.41, 5.74) is 3.07. The lowest BCUT2D eigenvalue weighted by Crippen LogP contribution is -2.34. The van der Waals surface area contributed by atoms with Crippen LogP contribution in [0.4, 0.5) is 4.39 Å². The number of nitrogens with zero attached hydrogens (tertiary/aromatic N) is 1. The van der Waals surface area contributed by atoms with Gasteiger partial charge in [-0.3, -0.25) is 0 Å². The quantitative estimate of drug-likeness (QED) is 0.336. The molecule has 1 aliphatic rings. The van der Waals surface area contributed by atoms with E-state index in [9.17, 15) is 0 Å². The molecule has 0 aliphatic carbocycles. The SMILES string of the molecule is COCc1ccc2c3cccc4c3c([n+](C)c2c1F)-c1ccccc1O4. The van der Waals surface area contributed by atoms with E-state index in [2.05, 4.69) is 0 Å². The van der Waals surface area contributed by atoms with Gasteiger partial charge in [0.25, 0.3) is 0 Å². The molecule has 0 atom stereocenters. The van der Waals surface area contributed by atoms with Crippen LogP contribution in [-0.2, 0) is 18.4 Å². The van der Waals surface area contributed by atoms with E-state index < -0.39 is 0 Å². The molecule has 0 N–H and O–H groups in total. The Balaban J connectivity index is 2.02. The standard InChI is InChI=1S/C22H17FNO2/c1-24-21-16-6-3-4-8-17(16)26-18-9-5-7-14(19(18)21)15-11-10-13(12-25-2)20(23)22(15)24/h3-11H,12H2,1-2H3/q+1. The zero-order chi connectivity index (χ0) is 17.8. The van der Waals surface area contributed by atoms with Gasteiger partial charge in [-0.05, 0) is 24.3 Å². The molecule has 3 nitrogen and oxygen atoms in total. The first kappa shape index (κ1) is 15.3. The topological polar surface area (TPSA) is 22.3 Å². The summed E-state index contributed by atoms with van der Waals surface area (Å²) in [6.45, 7) is 0.245. The average Bonchev–Trinajstić information content (AvgIpc) is 2.66. The highest BCUT2D eigenvalue weighted by molar-refractivity contribution is 6.12. The predicted octanol–water partition coefficient (Wildman–Crippen LogP) is 4.88. The van der Waals surface area contributed by atoms with E-state index in [4.69, 9.17) is 9.47 Å². The summed E-state index contributed by atoms with van der Waals surface area (Å²) in [5.74, 6) is 1.35. The number of para-hydroxylation sites is 1. The van der Waals surface area contributed by atoms with E-state index in [-0.39, 0.29) is 12.4 Å². The molecule has 0 radical (unpaired) electrons. The second-order valence-electron chi connectivity index (χ2n) is 6.55. The lowest BCUT2D eigenvalue weighted by Gasteiger charge is -2.20. The Kier molecular flexibility index (Phi) is 3.24. The van der Waals surface area contributed by atoms with E-state index in [0.29, 0.717) is 11.1 Å². The molecule has 0 saturated carbocycles. The predicted molar refractivity (Wildman–Crippen MR) is 98.8 cm³/mol. The van der Waals surface area contributed by atoms with Crippen molar-refractivity contribution >= 4 is 21.7 Å². The summed E-state index contributed by atoms with van der Waals surface area (Å²) >= 11 is 0. The third-order valence-corrected chi connectivity index (χ3v) is 5.08. The summed E-state index contributed by atoms with van der Waals surface area (Å²) in [6.07, 6.45) is 0. The Labute approximate surface area is 150 Å². The van der Waals surface area contributed by atoms with Crippen LogP contribution >= 0.6 is 0 Å². The second-order valence-corrected chi connectivity index (χ2v) is 6.55. The Morgan fingerprint density at radius 2 is 1.77 bits per heavy atom. The third-order valence-electron chi connectivity index (χ3n) is 5.08. The Hall–Kier alpha value is -2.98. The number of benzene rings is 3. The van der Waals surface area contributed by atoms with E-state index in [1.165, 1.54) is 0 Å². The van der Waals surface area contributed by atoms with Gasteiger partial charge in [0, 0.05) is 18.1 Å². The van der Waals surface area contributed by atoms with Crippen LogP contribution in [0, 0.1) is 5.82 Å². The third kappa shape index (κ3) is 1.93. The lowest BCUT2D eigenvalue weighted by molar-refractivity contribution is -0.633. The number of pyridine rings is 1. The maximum Gasteiger partial charge on any atom is 0.249 e. The van der Waals surface area contributed by atoms with Crippen LogP contribution in [0.15, 0.2) is 54.6 Å². The minimum atomic E-state index is -0.237. The number of ether oxygens (including phenoxy) is 2. The maximum atomic E-state index is 15.3. The van der Waals surface area contributed by atoms with Crippen LogP contribution in [0.5, 0.6) is 11.5 Å². The highest BCUT2D eigenvalue weighted by Crippen LogP contribution is 2.46. The van der Waals surface area contributed by atoms with Gasteiger partial charge in [0.05, 0.1) is 22.9 Å². The van der Waals surface area contributed by atoms with Crippen molar-refractivity contribution in [3.05, 3.63) is 66.0 Å². The van der Waals surface area contributed by atoms with Crippen LogP contribution in [0.3, 0.4) is 0 Å². The van der Waals surface area contributed by atoms with Crippen molar-refractivity contribution in [2.45, 2.75) is 6.61 Å². The van der Waals surface area contributed by atoms with Crippen LogP contribution in [0.1, 0.15) is 5.56 Å². The fourth-order valence-corrected chi connectivity index (χ4v) is 3.97. The fraction of sp³-hybridized carbons (Fsp3) is 0.136. The van der Waals surface area contributed by atoms with Gasteiger partial charge in [-0.15, -0.1) is 0 Å². The van der Waals surface area contributed by atoms with Crippen molar-refractivity contribution in [1.29, 1.82) is 0 Å². The molecule has 4 heteroatoms. The van der Waals surface area contributed by atoms with Gasteiger partial charge in [-0.1, -0.05) is 30.3 Å². The van der Waals surface area contributed by atoms with Crippen LogP contribution in [-0.4, -0.2) is 7.11 Å². The molecule has 26 heavy (non-hydrogen) atoms. The average molecular weight is 346 g/mol. The normalized spacial score (nSPS) is 12.3. The van der Waals surface area contributed by atoms with Gasteiger partial charge in [0.15, 0.2) is 0 Å². The molecule has 0 spiro atoms. The monoisotopic (exact) mass is 346 g/mol. The van der Waals surface area contributed by atoms with Gasteiger partial charge in [-0.25, -0.2) is 0 Å². The molecule has 0 bridgehead atoms. The van der Waals surface area contributed by atoms with Crippen molar-refractivity contribution in [2.75, 3.05) is 7.11 Å². The minimum absolute atomic E-state index is 0.237. The molecule has 3 aromatic carbocycles. The fourth-order valence-electron chi connectivity index (χ4n) is 3.97. The van der Waals surface area contributed by atoms with Crippen molar-refractivity contribution in [3.8, 4) is 22.8 Å². The van der Waals surface area contributed by atoms with Gasteiger partial charge >= 0.3 is 0 Å². The van der Waals surface area contributed by atoms with Crippen molar-refractivity contribution in [3.63, 3.8) is 0 Å². The van der Waals surface area contributed by atoms with Gasteiger partial charge in [0.2, 0.25) is 17.0 Å². The number of rotatable bonds is 2. The lowest BCUT2D eigenvalue weighted by atomic mass is 9.95. The summed E-state index contributed by atoms with van der Waals surface area (Å²) in [7, 11) is 3.49. The summed E-state index contributed by atoms with van der Waals surface area (Å²) in [4.78, 5) is 0. The molecule has 0 unspecified atom stereocenters. The molecular formula is C22H17FNO2+. The molecule has 4 aromatic rings. The molecule has 5 rings (SSSR count). The van der Waals surface area contributed by atoms with Gasteiger partial charge in [0.1, 0.15) is 18.5 Å². The van der Waals surface area contributed by atoms with E-state index in [0.717, 1.165) is 38.9 Å². The smallest absolute Gasteiger partial charge is 0.249 e. The Bertz CT molecular complexity index is 1200. The Morgan fingerprint density at radius 1 is 0.962 bits per heavy atom. The summed E-state index contributed by atoms with van der Waals surface area (Å²) < 4.78 is 28.5. The first-order valence-electron chi connectivity index (χ1n) is 8.52. The Morgan fingerprint density at radius 3 is 2.62 bits per heavy atom. The van der Waals surface area contributed by atoms with E-state index in [1.807, 2.05) is 60.1 Å². The second kappa shape index (κ2) is 5.51. The number of halogens is 1. The number of aryl methyl sites for hydroxylation is 1. The summed E-state index contributed by atoms with van der Waals surface area (Å²) in [6, 6.07) is 17.6. The molecule has 0 fully saturated rings. The van der Waals surface area contributed by atoms with Crippen molar-refractivity contribution in [1.82, 2.24) is 0 Å². The number of hydrogen-bond acceptors (Lipinski definition) is 2. The first-order chi connectivity index (χ1) is 12.7. The minimum Gasteiger partial charge on any atom is -0.456 e. The zero-order valence-corrected chi connectivity index (χ0v) is 14.5. The largest absolute Gasteiger partial charge is 0.456 e. The van der Waals surface area contributed by atoms with E-state index in [1.54, 1.807) is 13.2 Å². The zero-order valence-electron chi connectivity index (χ0n) is 14.5. The molecule has 0 saturated heterocycles. The number of hydrogen-bond donors (Lipinski definition) is 0. The highest BCUT2D eigenvalue weighted by Gasteiger charge is 2.31. The van der Waals surface area contributed by atoms with Crippen molar-refractivity contribution in [2.24, 2.45) is 7.05 Å². The first-order valence-corrected chi connectivity index (χ1v) is 8.52. The van der Waals surface area contributed by atoms with Crippen molar-refractivity contribution < 1.29 is 18.4 Å². The van der Waals surface area contributed by atoms with Gasteiger partial charge < -0.3 is 9.47 Å². The van der Waals surface area contributed by atoms with E-state index >= 15 is 4.39 Å². The molecule has 0 amide bonds. The molecular weight excluding hydrogens is 329 g/mol. The number of aromatic nitrogens is 1.